The second-order valence-electron chi connectivity index (χ2n) is 1.69. The molecule has 0 fully saturated rings. The molecule has 0 aromatic heterocycles. The van der Waals surface area contributed by atoms with Crippen molar-refractivity contribution in [2.75, 3.05) is 19.0 Å². The first-order valence-electron chi connectivity index (χ1n) is 2.23. The molecule has 1 heteroatoms. The third kappa shape index (κ3) is 0.815. The van der Waals surface area contributed by atoms with Gasteiger partial charge in [0.2, 0.25) is 0 Å². The summed E-state index contributed by atoms with van der Waals surface area (Å²) in [4.78, 5) is 0. The first-order chi connectivity index (χ1) is 2.89. The predicted octanol–water partition coefficient (Wildman–Crippen LogP) is 1.67. The van der Waals surface area contributed by atoms with Crippen molar-refractivity contribution in [2.45, 2.75) is 0 Å². The molecule has 0 atom stereocenters. The van der Waals surface area contributed by atoms with Crippen molar-refractivity contribution in [1.82, 2.24) is 0 Å². The summed E-state index contributed by atoms with van der Waals surface area (Å²) < 4.78 is 0. The van der Waals surface area contributed by atoms with E-state index in [1.807, 2.05) is 0 Å². The Morgan fingerprint density at radius 1 is 1.33 bits per heavy atom. The average Bonchev–Trinajstić information content (AvgIpc) is 1.86. The summed E-state index contributed by atoms with van der Waals surface area (Å²) in [5, 5.41) is 0. The lowest BCUT2D eigenvalue weighted by Crippen LogP contribution is -1.67. The van der Waals surface area contributed by atoms with Crippen LogP contribution in [-0.4, -0.2) is 19.0 Å². The highest BCUT2D eigenvalue weighted by atomic mass is 31.1. The molecule has 0 N–H and O–H groups in total. The maximum absolute atomic E-state index is 2.34. The maximum Gasteiger partial charge on any atom is -0.0144 e. The van der Waals surface area contributed by atoms with E-state index < -0.39 is 0 Å². The molecule has 0 saturated carbocycles. The molecule has 0 bridgehead atoms. The minimum Gasteiger partial charge on any atom is -0.102 e. The Bertz CT molecular complexity index is 58.3. The molecule has 0 spiro atoms. The highest BCUT2D eigenvalue weighted by molar-refractivity contribution is 7.57. The number of allylic oxidation sites excluding steroid dienone is 2. The second kappa shape index (κ2) is 1.75. The molecule has 1 rings (SSSR count). The summed E-state index contributed by atoms with van der Waals surface area (Å²) in [6.07, 6.45) is 7.31. The van der Waals surface area contributed by atoms with Crippen molar-refractivity contribution >= 4 is 7.92 Å². The molecule has 0 aromatic rings. The maximum atomic E-state index is 2.34. The smallest absolute Gasteiger partial charge is 0.0144 e. The van der Waals surface area contributed by atoms with Crippen molar-refractivity contribution in [3.8, 4) is 0 Å². The zero-order valence-corrected chi connectivity index (χ0v) is 4.91. The molecule has 34 valence electrons. The summed E-state index contributed by atoms with van der Waals surface area (Å²) in [5.41, 5.74) is 0. The fourth-order valence-electron chi connectivity index (χ4n) is 0.583. The largest absolute Gasteiger partial charge is 0.102 e. The normalized spacial score (nSPS) is 22.8. The molecule has 0 amide bonds. The fraction of sp³-hybridized carbons (Fsp3) is 0.600. The third-order valence-electron chi connectivity index (χ3n) is 1.00. The van der Waals surface area contributed by atoms with Gasteiger partial charge in [0, 0.05) is 0 Å². The average molecular weight is 100 g/mol. The van der Waals surface area contributed by atoms with Crippen LogP contribution in [0.5, 0.6) is 0 Å². The van der Waals surface area contributed by atoms with Crippen molar-refractivity contribution < 1.29 is 0 Å². The van der Waals surface area contributed by atoms with Gasteiger partial charge in [-0.25, -0.2) is 0 Å². The Labute approximate surface area is 40.0 Å². The van der Waals surface area contributed by atoms with Crippen LogP contribution >= 0.6 is 7.92 Å². The summed E-state index contributed by atoms with van der Waals surface area (Å²) in [6.45, 7) is 2.34. The minimum absolute atomic E-state index is 0.424. The molecule has 1 heterocycles. The van der Waals surface area contributed by atoms with Gasteiger partial charge in [0.25, 0.3) is 0 Å². The van der Waals surface area contributed by atoms with Crippen LogP contribution < -0.4 is 0 Å². The highest BCUT2D eigenvalue weighted by Gasteiger charge is 1.98. The lowest BCUT2D eigenvalue weighted by atomic mass is 10.6. The van der Waals surface area contributed by atoms with Gasteiger partial charge >= 0.3 is 0 Å². The Morgan fingerprint density at radius 3 is 2.00 bits per heavy atom. The summed E-state index contributed by atoms with van der Waals surface area (Å²) in [7, 11) is 0.424. The molecule has 0 aromatic carbocycles. The van der Waals surface area contributed by atoms with Gasteiger partial charge in [0.05, 0.1) is 0 Å². The van der Waals surface area contributed by atoms with Crippen LogP contribution in [0.25, 0.3) is 0 Å². The van der Waals surface area contributed by atoms with E-state index in [1.54, 1.807) is 0 Å². The van der Waals surface area contributed by atoms with Crippen LogP contribution in [-0.2, 0) is 0 Å². The van der Waals surface area contributed by atoms with Crippen LogP contribution in [0.2, 0.25) is 0 Å². The SMILES string of the molecule is CP1CC=CC1. The Morgan fingerprint density at radius 2 is 1.83 bits per heavy atom. The number of rotatable bonds is 0. The Balaban J connectivity index is 2.32. The van der Waals surface area contributed by atoms with Crippen molar-refractivity contribution in [3.63, 3.8) is 0 Å². The number of hydrogen-bond acceptors (Lipinski definition) is 0. The molecule has 0 nitrogen and oxygen atoms in total. The molecule has 1 aliphatic rings. The van der Waals surface area contributed by atoms with Gasteiger partial charge in [-0.05, 0) is 19.0 Å². The van der Waals surface area contributed by atoms with Crippen LogP contribution in [0.3, 0.4) is 0 Å². The van der Waals surface area contributed by atoms with E-state index in [0.29, 0.717) is 7.92 Å². The lowest BCUT2D eigenvalue weighted by Gasteiger charge is -1.94. The van der Waals surface area contributed by atoms with Crippen molar-refractivity contribution in [2.24, 2.45) is 0 Å². The molecule has 0 saturated heterocycles. The molecule has 1 aliphatic heterocycles. The van der Waals surface area contributed by atoms with Gasteiger partial charge in [0.1, 0.15) is 0 Å². The summed E-state index contributed by atoms with van der Waals surface area (Å²) >= 11 is 0. The number of hydrogen-bond donors (Lipinski definition) is 0. The molecule has 0 radical (unpaired) electrons. The van der Waals surface area contributed by atoms with E-state index in [0.717, 1.165) is 0 Å². The quantitative estimate of drug-likeness (QED) is 0.321. The standard InChI is InChI=1S/C5H9P/c1-6-4-2-3-5-6/h2-3H,4-5H2,1H3. The molecule has 0 unspecified atom stereocenters. The summed E-state index contributed by atoms with van der Waals surface area (Å²) in [6, 6.07) is 0. The third-order valence-corrected chi connectivity index (χ3v) is 2.67. The van der Waals surface area contributed by atoms with Crippen LogP contribution in [0.1, 0.15) is 0 Å². The lowest BCUT2D eigenvalue weighted by molar-refractivity contribution is 1.78. The molecular formula is C5H9P. The van der Waals surface area contributed by atoms with Crippen molar-refractivity contribution in [3.05, 3.63) is 12.2 Å². The molecule has 6 heavy (non-hydrogen) atoms. The zero-order valence-electron chi connectivity index (χ0n) is 4.02. The molecular weight excluding hydrogens is 91.0 g/mol. The topological polar surface area (TPSA) is 0 Å². The van der Waals surface area contributed by atoms with Crippen LogP contribution in [0.4, 0.5) is 0 Å². The Hall–Kier alpha value is 0.170. The second-order valence-corrected chi connectivity index (χ2v) is 4.14. The van der Waals surface area contributed by atoms with E-state index >= 15 is 0 Å². The van der Waals surface area contributed by atoms with Crippen molar-refractivity contribution in [1.29, 1.82) is 0 Å². The van der Waals surface area contributed by atoms with Gasteiger partial charge in [-0.15, -0.1) is 7.92 Å². The van der Waals surface area contributed by atoms with E-state index in [1.165, 1.54) is 12.3 Å². The first kappa shape index (κ1) is 4.33. The summed E-state index contributed by atoms with van der Waals surface area (Å²) in [5.74, 6) is 0. The molecule has 0 aliphatic carbocycles. The van der Waals surface area contributed by atoms with E-state index in [4.69, 9.17) is 0 Å². The van der Waals surface area contributed by atoms with Crippen LogP contribution in [0, 0.1) is 0 Å². The minimum atomic E-state index is 0.424. The van der Waals surface area contributed by atoms with E-state index in [9.17, 15) is 0 Å². The Kier molecular flexibility index (Phi) is 1.26. The highest BCUT2D eigenvalue weighted by Crippen LogP contribution is 2.33. The predicted molar refractivity (Wildman–Crippen MR) is 31.7 cm³/mol. The fourth-order valence-corrected chi connectivity index (χ4v) is 1.75. The van der Waals surface area contributed by atoms with Gasteiger partial charge in [0.15, 0.2) is 0 Å². The van der Waals surface area contributed by atoms with Gasteiger partial charge in [-0.2, -0.15) is 0 Å². The van der Waals surface area contributed by atoms with Gasteiger partial charge in [-0.1, -0.05) is 12.2 Å². The zero-order chi connectivity index (χ0) is 4.41. The van der Waals surface area contributed by atoms with Crippen LogP contribution in [0.15, 0.2) is 12.2 Å². The monoisotopic (exact) mass is 100 g/mol. The van der Waals surface area contributed by atoms with Gasteiger partial charge < -0.3 is 0 Å². The van der Waals surface area contributed by atoms with E-state index in [2.05, 4.69) is 18.8 Å². The van der Waals surface area contributed by atoms with E-state index in [-0.39, 0.29) is 0 Å². The van der Waals surface area contributed by atoms with Gasteiger partial charge in [-0.3, -0.25) is 0 Å². The first-order valence-corrected chi connectivity index (χ1v) is 4.39.